The average Bonchev–Trinajstić information content (AvgIpc) is 2.68. The molecular weight excluding hydrogens is 306 g/mol. The molecular formula is C23H19NO. The van der Waals surface area contributed by atoms with Gasteiger partial charge in [-0.15, -0.1) is 0 Å². The van der Waals surface area contributed by atoms with Crippen molar-refractivity contribution in [2.24, 2.45) is 0 Å². The second-order valence-corrected chi connectivity index (χ2v) is 5.98. The molecule has 0 bridgehead atoms. The maximum atomic E-state index is 5.50. The summed E-state index contributed by atoms with van der Waals surface area (Å²) in [5, 5.41) is 3.56. The monoisotopic (exact) mass is 325 g/mol. The quantitative estimate of drug-likeness (QED) is 0.427. The van der Waals surface area contributed by atoms with Crippen LogP contribution in [-0.2, 0) is 4.74 Å². The molecule has 0 unspecified atom stereocenters. The van der Waals surface area contributed by atoms with Crippen molar-refractivity contribution in [2.75, 3.05) is 7.11 Å². The summed E-state index contributed by atoms with van der Waals surface area (Å²) in [6, 6.07) is 23.3. The maximum absolute atomic E-state index is 5.50. The van der Waals surface area contributed by atoms with Gasteiger partial charge < -0.3 is 4.74 Å². The lowest BCUT2D eigenvalue weighted by molar-refractivity contribution is 0.369. The van der Waals surface area contributed by atoms with Gasteiger partial charge in [-0.1, -0.05) is 54.6 Å². The maximum Gasteiger partial charge on any atom is 0.121 e. The SMILES string of the molecule is CC=C(OC)c1ccc2cccc(-c3cccc4cccnc34)c2c1. The normalized spacial score (nSPS) is 11.8. The number of nitrogens with zero attached hydrogens (tertiary/aromatic N) is 1. The first-order valence-corrected chi connectivity index (χ1v) is 8.39. The van der Waals surface area contributed by atoms with Gasteiger partial charge in [0.15, 0.2) is 0 Å². The topological polar surface area (TPSA) is 22.1 Å². The van der Waals surface area contributed by atoms with E-state index >= 15 is 0 Å². The fraction of sp³-hybridized carbons (Fsp3) is 0.0870. The van der Waals surface area contributed by atoms with E-state index < -0.39 is 0 Å². The standard InChI is InChI=1S/C23H19NO/c1-3-22(25-2)18-13-12-16-7-4-10-19(21(16)15-18)20-11-5-8-17-9-6-14-24-23(17)20/h3-15H,1-2H3. The summed E-state index contributed by atoms with van der Waals surface area (Å²) in [6.45, 7) is 1.99. The highest BCUT2D eigenvalue weighted by Crippen LogP contribution is 2.34. The molecule has 2 heteroatoms. The average molecular weight is 325 g/mol. The van der Waals surface area contributed by atoms with Crippen LogP contribution in [-0.4, -0.2) is 12.1 Å². The Morgan fingerprint density at radius 2 is 1.64 bits per heavy atom. The molecule has 0 radical (unpaired) electrons. The van der Waals surface area contributed by atoms with Gasteiger partial charge in [-0.25, -0.2) is 0 Å². The van der Waals surface area contributed by atoms with Crippen LogP contribution in [0.4, 0.5) is 0 Å². The van der Waals surface area contributed by atoms with Gasteiger partial charge in [0.25, 0.3) is 0 Å². The number of fused-ring (bicyclic) bond motifs is 2. The minimum atomic E-state index is 0.882. The number of pyridine rings is 1. The molecule has 122 valence electrons. The van der Waals surface area contributed by atoms with E-state index in [1.807, 2.05) is 25.3 Å². The molecule has 0 atom stereocenters. The molecule has 3 aromatic carbocycles. The minimum Gasteiger partial charge on any atom is -0.496 e. The second-order valence-electron chi connectivity index (χ2n) is 5.98. The van der Waals surface area contributed by atoms with Gasteiger partial charge in [-0.2, -0.15) is 0 Å². The summed E-state index contributed by atoms with van der Waals surface area (Å²) in [5.74, 6) is 0.882. The summed E-state index contributed by atoms with van der Waals surface area (Å²) < 4.78 is 5.50. The van der Waals surface area contributed by atoms with E-state index in [2.05, 4.69) is 65.6 Å². The summed E-state index contributed by atoms with van der Waals surface area (Å²) in [4.78, 5) is 4.62. The number of para-hydroxylation sites is 1. The van der Waals surface area contributed by atoms with E-state index in [0.29, 0.717) is 0 Å². The number of rotatable bonds is 3. The van der Waals surface area contributed by atoms with Gasteiger partial charge in [0, 0.05) is 22.7 Å². The van der Waals surface area contributed by atoms with Gasteiger partial charge in [-0.3, -0.25) is 4.98 Å². The van der Waals surface area contributed by atoms with Crippen molar-refractivity contribution in [1.82, 2.24) is 4.98 Å². The Hall–Kier alpha value is -3.13. The van der Waals surface area contributed by atoms with Gasteiger partial charge in [0.05, 0.1) is 12.6 Å². The van der Waals surface area contributed by atoms with E-state index in [1.54, 1.807) is 7.11 Å². The third kappa shape index (κ3) is 2.66. The second kappa shape index (κ2) is 6.40. The zero-order valence-corrected chi connectivity index (χ0v) is 14.4. The summed E-state index contributed by atoms with van der Waals surface area (Å²) in [5.41, 5.74) is 4.45. The van der Waals surface area contributed by atoms with Crippen LogP contribution < -0.4 is 0 Å². The molecule has 0 amide bonds. The fourth-order valence-corrected chi connectivity index (χ4v) is 3.38. The number of methoxy groups -OCH3 is 1. The number of hydrogen-bond donors (Lipinski definition) is 0. The molecule has 1 aromatic heterocycles. The lowest BCUT2D eigenvalue weighted by atomic mass is 9.95. The molecule has 0 aliphatic carbocycles. The Kier molecular flexibility index (Phi) is 3.95. The van der Waals surface area contributed by atoms with Crippen molar-refractivity contribution in [3.8, 4) is 11.1 Å². The third-order valence-corrected chi connectivity index (χ3v) is 4.57. The minimum absolute atomic E-state index is 0.882. The van der Waals surface area contributed by atoms with E-state index in [-0.39, 0.29) is 0 Å². The summed E-state index contributed by atoms with van der Waals surface area (Å²) in [6.07, 6.45) is 3.84. The molecule has 4 aromatic rings. The van der Waals surface area contributed by atoms with Gasteiger partial charge in [-0.05, 0) is 41.5 Å². The number of aromatic nitrogens is 1. The molecule has 0 spiro atoms. The summed E-state index contributed by atoms with van der Waals surface area (Å²) in [7, 11) is 1.71. The van der Waals surface area contributed by atoms with Crippen LogP contribution in [0, 0.1) is 0 Å². The van der Waals surface area contributed by atoms with Crippen molar-refractivity contribution in [3.63, 3.8) is 0 Å². The van der Waals surface area contributed by atoms with E-state index in [4.69, 9.17) is 4.74 Å². The molecule has 0 saturated carbocycles. The predicted molar refractivity (Wildman–Crippen MR) is 105 cm³/mol. The van der Waals surface area contributed by atoms with Crippen LogP contribution in [0.25, 0.3) is 38.6 Å². The third-order valence-electron chi connectivity index (χ3n) is 4.57. The first-order valence-electron chi connectivity index (χ1n) is 8.39. The molecule has 0 fully saturated rings. The fourth-order valence-electron chi connectivity index (χ4n) is 3.38. The van der Waals surface area contributed by atoms with Crippen molar-refractivity contribution in [1.29, 1.82) is 0 Å². The van der Waals surface area contributed by atoms with Crippen molar-refractivity contribution >= 4 is 27.4 Å². The van der Waals surface area contributed by atoms with E-state index in [9.17, 15) is 0 Å². The van der Waals surface area contributed by atoms with Crippen LogP contribution >= 0.6 is 0 Å². The zero-order valence-electron chi connectivity index (χ0n) is 14.4. The highest BCUT2D eigenvalue weighted by molar-refractivity contribution is 6.04. The first kappa shape index (κ1) is 15.4. The predicted octanol–water partition coefficient (Wildman–Crippen LogP) is 6.06. The summed E-state index contributed by atoms with van der Waals surface area (Å²) >= 11 is 0. The van der Waals surface area contributed by atoms with Crippen LogP contribution in [0.2, 0.25) is 0 Å². The van der Waals surface area contributed by atoms with Gasteiger partial charge >= 0.3 is 0 Å². The Labute approximate surface area is 147 Å². The first-order chi connectivity index (χ1) is 12.3. The van der Waals surface area contributed by atoms with Crippen molar-refractivity contribution in [2.45, 2.75) is 6.92 Å². The molecule has 0 aliphatic rings. The lowest BCUT2D eigenvalue weighted by Gasteiger charge is -2.12. The Balaban J connectivity index is 2.02. The highest BCUT2D eigenvalue weighted by atomic mass is 16.5. The van der Waals surface area contributed by atoms with Crippen LogP contribution in [0.3, 0.4) is 0 Å². The zero-order chi connectivity index (χ0) is 17.2. The molecule has 25 heavy (non-hydrogen) atoms. The number of benzene rings is 3. The molecule has 2 nitrogen and oxygen atoms in total. The van der Waals surface area contributed by atoms with E-state index in [1.165, 1.54) is 16.3 Å². The molecule has 0 saturated heterocycles. The molecule has 1 heterocycles. The van der Waals surface area contributed by atoms with Gasteiger partial charge in [0.2, 0.25) is 0 Å². The highest BCUT2D eigenvalue weighted by Gasteiger charge is 2.10. The molecule has 0 N–H and O–H groups in total. The largest absolute Gasteiger partial charge is 0.496 e. The van der Waals surface area contributed by atoms with Crippen LogP contribution in [0.15, 0.2) is 79.0 Å². The van der Waals surface area contributed by atoms with Crippen LogP contribution in [0.5, 0.6) is 0 Å². The molecule has 0 aliphatic heterocycles. The number of ether oxygens (including phenoxy) is 1. The Morgan fingerprint density at radius 3 is 2.44 bits per heavy atom. The number of allylic oxidation sites excluding steroid dienone is 1. The Morgan fingerprint density at radius 1 is 0.880 bits per heavy atom. The smallest absolute Gasteiger partial charge is 0.121 e. The Bertz CT molecular complexity index is 1090. The van der Waals surface area contributed by atoms with E-state index in [0.717, 1.165) is 27.8 Å². The number of hydrogen-bond acceptors (Lipinski definition) is 2. The molecule has 4 rings (SSSR count). The lowest BCUT2D eigenvalue weighted by Crippen LogP contribution is -1.90. The van der Waals surface area contributed by atoms with Crippen LogP contribution in [0.1, 0.15) is 12.5 Å². The van der Waals surface area contributed by atoms with Gasteiger partial charge in [0.1, 0.15) is 5.76 Å². The van der Waals surface area contributed by atoms with Crippen molar-refractivity contribution in [3.05, 3.63) is 84.6 Å². The van der Waals surface area contributed by atoms with Crippen molar-refractivity contribution < 1.29 is 4.74 Å².